The zero-order valence-electron chi connectivity index (χ0n) is 16.7. The van der Waals surface area contributed by atoms with E-state index in [1.54, 1.807) is 16.9 Å². The van der Waals surface area contributed by atoms with Crippen LogP contribution in [0.4, 0.5) is 5.13 Å². The lowest BCUT2D eigenvalue weighted by molar-refractivity contribution is 0.101. The van der Waals surface area contributed by atoms with Crippen molar-refractivity contribution in [3.63, 3.8) is 0 Å². The highest BCUT2D eigenvalue weighted by Crippen LogP contribution is 2.34. The van der Waals surface area contributed by atoms with Crippen LogP contribution in [0.25, 0.3) is 22.6 Å². The third kappa shape index (κ3) is 3.26. The van der Waals surface area contributed by atoms with E-state index in [9.17, 15) is 4.79 Å². The van der Waals surface area contributed by atoms with Gasteiger partial charge in [0.25, 0.3) is 5.91 Å². The molecule has 0 bridgehead atoms. The Labute approximate surface area is 176 Å². The summed E-state index contributed by atoms with van der Waals surface area (Å²) in [6.07, 6.45) is 2.78. The number of aromatic nitrogens is 4. The van der Waals surface area contributed by atoms with Crippen molar-refractivity contribution in [1.29, 1.82) is 0 Å². The van der Waals surface area contributed by atoms with Crippen LogP contribution in [-0.2, 0) is 13.5 Å². The van der Waals surface area contributed by atoms with E-state index in [1.165, 1.54) is 16.9 Å². The number of nitrogens with zero attached hydrogens (tertiary/aromatic N) is 4. The molecular formula is C21H19N5O3S. The molecule has 152 valence electrons. The van der Waals surface area contributed by atoms with Crippen LogP contribution in [0.1, 0.15) is 28.7 Å². The maximum atomic E-state index is 12.6. The molecule has 0 aliphatic carbocycles. The molecule has 1 N–H and O–H groups in total. The third-order valence-corrected chi connectivity index (χ3v) is 5.92. The molecule has 0 radical (unpaired) electrons. The molecule has 0 spiro atoms. The van der Waals surface area contributed by atoms with Crippen molar-refractivity contribution < 1.29 is 14.1 Å². The number of thiazole rings is 1. The number of hydrogen-bond donors (Lipinski definition) is 1. The maximum Gasteiger partial charge on any atom is 0.279 e. The van der Waals surface area contributed by atoms with Crippen molar-refractivity contribution in [2.45, 2.75) is 26.4 Å². The number of benzene rings is 1. The highest BCUT2D eigenvalue weighted by Gasteiger charge is 2.21. The molecule has 4 aromatic rings. The van der Waals surface area contributed by atoms with Crippen molar-refractivity contribution in [1.82, 2.24) is 19.9 Å². The first kappa shape index (κ1) is 18.6. The first-order chi connectivity index (χ1) is 14.5. The van der Waals surface area contributed by atoms with Crippen molar-refractivity contribution in [2.24, 2.45) is 7.05 Å². The van der Waals surface area contributed by atoms with E-state index in [2.05, 4.69) is 33.5 Å². The van der Waals surface area contributed by atoms with E-state index in [1.807, 2.05) is 31.5 Å². The molecule has 1 aromatic carbocycles. The average Bonchev–Trinajstić information content (AvgIpc) is 3.49. The van der Waals surface area contributed by atoms with Gasteiger partial charge in [-0.2, -0.15) is 5.10 Å². The average molecular weight is 421 g/mol. The summed E-state index contributed by atoms with van der Waals surface area (Å²) in [7, 11) is 1.84. The lowest BCUT2D eigenvalue weighted by Crippen LogP contribution is -2.11. The fourth-order valence-corrected chi connectivity index (χ4v) is 4.17. The van der Waals surface area contributed by atoms with Gasteiger partial charge in [-0.05, 0) is 37.6 Å². The zero-order chi connectivity index (χ0) is 20.8. The minimum absolute atomic E-state index is 0.189. The van der Waals surface area contributed by atoms with Crippen LogP contribution in [0.5, 0.6) is 5.75 Å². The molecule has 1 unspecified atom stereocenters. The Bertz CT molecular complexity index is 1260. The normalized spacial score (nSPS) is 15.1. The predicted molar refractivity (Wildman–Crippen MR) is 113 cm³/mol. The van der Waals surface area contributed by atoms with E-state index >= 15 is 0 Å². The van der Waals surface area contributed by atoms with E-state index in [4.69, 9.17) is 9.26 Å². The molecular weight excluding hydrogens is 402 g/mol. The Morgan fingerprint density at radius 1 is 1.33 bits per heavy atom. The second kappa shape index (κ2) is 7.10. The van der Waals surface area contributed by atoms with Gasteiger partial charge in [0, 0.05) is 36.2 Å². The van der Waals surface area contributed by atoms with E-state index in [0.717, 1.165) is 34.7 Å². The van der Waals surface area contributed by atoms with Gasteiger partial charge in [0.05, 0.1) is 17.5 Å². The van der Waals surface area contributed by atoms with Gasteiger partial charge in [-0.3, -0.25) is 14.8 Å². The summed E-state index contributed by atoms with van der Waals surface area (Å²) < 4.78 is 12.8. The Kier molecular flexibility index (Phi) is 4.39. The Morgan fingerprint density at radius 2 is 2.20 bits per heavy atom. The Hall–Kier alpha value is -3.46. The summed E-state index contributed by atoms with van der Waals surface area (Å²) in [5.41, 5.74) is 4.91. The maximum absolute atomic E-state index is 12.6. The monoisotopic (exact) mass is 421 g/mol. The van der Waals surface area contributed by atoms with Gasteiger partial charge in [-0.25, -0.2) is 4.98 Å². The number of amides is 1. The largest absolute Gasteiger partial charge is 0.490 e. The lowest BCUT2D eigenvalue weighted by Gasteiger charge is -2.02. The predicted octanol–water partition coefficient (Wildman–Crippen LogP) is 4.08. The fraction of sp³-hybridized carbons (Fsp3) is 0.238. The number of carbonyl (C=O) groups excluding carboxylic acids is 1. The number of aryl methyl sites for hydroxylation is 1. The van der Waals surface area contributed by atoms with Gasteiger partial charge in [0.1, 0.15) is 11.9 Å². The van der Waals surface area contributed by atoms with E-state index in [0.29, 0.717) is 10.9 Å². The molecule has 30 heavy (non-hydrogen) atoms. The molecule has 1 aliphatic heterocycles. The van der Waals surface area contributed by atoms with E-state index < -0.39 is 0 Å². The summed E-state index contributed by atoms with van der Waals surface area (Å²) in [5.74, 6) is 1.06. The van der Waals surface area contributed by atoms with Gasteiger partial charge < -0.3 is 9.26 Å². The third-order valence-electron chi connectivity index (χ3n) is 5.16. The minimum atomic E-state index is -0.372. The zero-order valence-corrected chi connectivity index (χ0v) is 17.5. The number of anilines is 1. The second-order valence-corrected chi connectivity index (χ2v) is 8.15. The van der Waals surface area contributed by atoms with Crippen molar-refractivity contribution in [3.05, 3.63) is 52.8 Å². The van der Waals surface area contributed by atoms with E-state index in [-0.39, 0.29) is 17.7 Å². The number of nitrogens with one attached hydrogen (secondary N) is 1. The van der Waals surface area contributed by atoms with Gasteiger partial charge in [0.2, 0.25) is 0 Å². The summed E-state index contributed by atoms with van der Waals surface area (Å²) >= 11 is 1.36. The van der Waals surface area contributed by atoms with Crippen LogP contribution in [0.15, 0.2) is 40.4 Å². The molecule has 8 nitrogen and oxygen atoms in total. The molecule has 5 rings (SSSR count). The van der Waals surface area contributed by atoms with Gasteiger partial charge in [0.15, 0.2) is 16.6 Å². The number of ether oxygens (including phenoxy) is 1. The van der Waals surface area contributed by atoms with Gasteiger partial charge in [-0.1, -0.05) is 5.16 Å². The highest BCUT2D eigenvalue weighted by atomic mass is 32.1. The van der Waals surface area contributed by atoms with Crippen LogP contribution >= 0.6 is 11.3 Å². The molecule has 0 saturated heterocycles. The summed E-state index contributed by atoms with van der Waals surface area (Å²) in [6.45, 7) is 3.98. The molecule has 3 aromatic heterocycles. The SMILES string of the molecule is Cc1c(-c2cc(C(=O)Nc3nc(-c4ccc5c(c4)CC(C)O5)cs3)no2)cnn1C. The molecule has 4 heterocycles. The Balaban J connectivity index is 1.32. The number of carbonyl (C=O) groups is 1. The standard InChI is InChI=1S/C21H19N5O3S/c1-11-6-14-7-13(4-5-18(14)28-11)17-10-30-21(23-17)24-20(27)16-8-19(29-25-16)15-9-22-26(3)12(15)2/h4-5,7-11H,6H2,1-3H3,(H,23,24,27). The highest BCUT2D eigenvalue weighted by molar-refractivity contribution is 7.14. The molecule has 1 aliphatic rings. The van der Waals surface area contributed by atoms with Crippen LogP contribution in [0, 0.1) is 6.92 Å². The minimum Gasteiger partial charge on any atom is -0.490 e. The molecule has 1 atom stereocenters. The molecule has 1 amide bonds. The molecule has 0 fully saturated rings. The fourth-order valence-electron chi connectivity index (χ4n) is 3.46. The molecule has 0 saturated carbocycles. The van der Waals surface area contributed by atoms with Crippen molar-refractivity contribution >= 4 is 22.4 Å². The van der Waals surface area contributed by atoms with Gasteiger partial charge in [-0.15, -0.1) is 11.3 Å². The van der Waals surface area contributed by atoms with Crippen molar-refractivity contribution in [2.75, 3.05) is 5.32 Å². The smallest absolute Gasteiger partial charge is 0.279 e. The summed E-state index contributed by atoms with van der Waals surface area (Å²) in [6, 6.07) is 7.66. The summed E-state index contributed by atoms with van der Waals surface area (Å²) in [4.78, 5) is 17.1. The summed E-state index contributed by atoms with van der Waals surface area (Å²) in [5, 5.41) is 13.3. The lowest BCUT2D eigenvalue weighted by atomic mass is 10.1. The molecule has 9 heteroatoms. The van der Waals surface area contributed by atoms with Crippen molar-refractivity contribution in [3.8, 4) is 28.3 Å². The number of fused-ring (bicyclic) bond motifs is 1. The quantitative estimate of drug-likeness (QED) is 0.533. The number of hydrogen-bond acceptors (Lipinski definition) is 7. The van der Waals surface area contributed by atoms with Crippen LogP contribution in [0.2, 0.25) is 0 Å². The first-order valence-electron chi connectivity index (χ1n) is 9.50. The van der Waals surface area contributed by atoms with Gasteiger partial charge >= 0.3 is 0 Å². The van der Waals surface area contributed by atoms with Crippen LogP contribution < -0.4 is 10.1 Å². The first-order valence-corrected chi connectivity index (χ1v) is 10.4. The topological polar surface area (TPSA) is 95.1 Å². The van der Waals surface area contributed by atoms with Crippen LogP contribution in [0.3, 0.4) is 0 Å². The number of rotatable bonds is 4. The Morgan fingerprint density at radius 3 is 3.00 bits per heavy atom. The second-order valence-electron chi connectivity index (χ2n) is 7.29. The van der Waals surface area contributed by atoms with Crippen LogP contribution in [-0.4, -0.2) is 31.9 Å².